The van der Waals surface area contributed by atoms with Gasteiger partial charge in [-0.05, 0) is 38.1 Å². The van der Waals surface area contributed by atoms with Crippen LogP contribution in [0.25, 0.3) is 0 Å². The maximum Gasteiger partial charge on any atom is 0.333 e. The third-order valence-corrected chi connectivity index (χ3v) is 4.66. The van der Waals surface area contributed by atoms with E-state index in [1.54, 1.807) is 18.0 Å². The molecule has 4 amide bonds. The Hall–Kier alpha value is -3.35. The zero-order valence-corrected chi connectivity index (χ0v) is 14.8. The number of benzene rings is 2. The maximum absolute atomic E-state index is 13.0. The number of anilines is 3. The van der Waals surface area contributed by atoms with Crippen molar-refractivity contribution in [3.63, 3.8) is 0 Å². The monoisotopic (exact) mass is 349 g/mol. The van der Waals surface area contributed by atoms with E-state index < -0.39 is 5.66 Å². The quantitative estimate of drug-likeness (QED) is 0.853. The van der Waals surface area contributed by atoms with E-state index in [9.17, 15) is 9.59 Å². The predicted molar refractivity (Wildman–Crippen MR) is 102 cm³/mol. The van der Waals surface area contributed by atoms with Gasteiger partial charge in [0.1, 0.15) is 5.66 Å². The fourth-order valence-corrected chi connectivity index (χ4v) is 3.05. The highest BCUT2D eigenvalue weighted by atomic mass is 16.2. The number of nitrogens with one attached hydrogen (secondary N) is 1. The summed E-state index contributed by atoms with van der Waals surface area (Å²) >= 11 is 0. The number of amides is 4. The number of fused-ring (bicyclic) bond motifs is 3. The highest BCUT2D eigenvalue weighted by Crippen LogP contribution is 2.41. The topological polar surface area (TPSA) is 68.2 Å². The van der Waals surface area contributed by atoms with Crippen molar-refractivity contribution in [3.05, 3.63) is 54.6 Å². The molecule has 2 heterocycles. The second kappa shape index (κ2) is 5.59. The number of guanidine groups is 1. The number of carbonyl (C=O) groups excluding carboxylic acids is 2. The van der Waals surface area contributed by atoms with Crippen LogP contribution < -0.4 is 15.1 Å². The first kappa shape index (κ1) is 16.1. The summed E-state index contributed by atoms with van der Waals surface area (Å²) in [6.07, 6.45) is 0. The van der Waals surface area contributed by atoms with E-state index in [4.69, 9.17) is 0 Å². The molecule has 0 saturated heterocycles. The second-order valence-corrected chi connectivity index (χ2v) is 6.70. The maximum atomic E-state index is 13.0. The van der Waals surface area contributed by atoms with Crippen molar-refractivity contribution >= 4 is 35.1 Å². The number of para-hydroxylation sites is 3. The lowest BCUT2D eigenvalue weighted by Gasteiger charge is -2.40. The van der Waals surface area contributed by atoms with Crippen molar-refractivity contribution in [2.24, 2.45) is 4.99 Å². The zero-order valence-electron chi connectivity index (χ0n) is 14.8. The van der Waals surface area contributed by atoms with Crippen LogP contribution in [0, 0.1) is 0 Å². The van der Waals surface area contributed by atoms with Crippen LogP contribution >= 0.6 is 0 Å². The van der Waals surface area contributed by atoms with Gasteiger partial charge in [-0.1, -0.05) is 30.3 Å². The summed E-state index contributed by atoms with van der Waals surface area (Å²) < 4.78 is 0. The molecule has 26 heavy (non-hydrogen) atoms. The molecule has 4 rings (SSSR count). The highest BCUT2D eigenvalue weighted by molar-refractivity contribution is 6.37. The molecule has 2 aromatic carbocycles. The van der Waals surface area contributed by atoms with E-state index in [2.05, 4.69) is 10.3 Å². The third-order valence-electron chi connectivity index (χ3n) is 4.66. The van der Waals surface area contributed by atoms with Crippen molar-refractivity contribution in [2.45, 2.75) is 19.5 Å². The van der Waals surface area contributed by atoms with Gasteiger partial charge in [0.05, 0.1) is 11.4 Å². The molecular formula is C19H19N5O2. The number of carbonyl (C=O) groups is 2. The van der Waals surface area contributed by atoms with E-state index >= 15 is 0 Å². The fourth-order valence-electron chi connectivity index (χ4n) is 3.05. The molecule has 0 spiro atoms. The van der Waals surface area contributed by atoms with Gasteiger partial charge in [0.25, 0.3) is 0 Å². The molecule has 2 aliphatic heterocycles. The Labute approximate surface area is 151 Å². The lowest BCUT2D eigenvalue weighted by molar-refractivity contribution is 0.164. The van der Waals surface area contributed by atoms with Crippen molar-refractivity contribution in [2.75, 3.05) is 22.2 Å². The zero-order chi connectivity index (χ0) is 18.5. The molecule has 0 radical (unpaired) electrons. The minimum absolute atomic E-state index is 0.220. The van der Waals surface area contributed by atoms with Crippen molar-refractivity contribution in [1.29, 1.82) is 0 Å². The van der Waals surface area contributed by atoms with Gasteiger partial charge in [-0.25, -0.2) is 24.4 Å². The van der Waals surface area contributed by atoms with Crippen LogP contribution in [0.4, 0.5) is 26.7 Å². The van der Waals surface area contributed by atoms with Crippen LogP contribution in [0.2, 0.25) is 0 Å². The summed E-state index contributed by atoms with van der Waals surface area (Å²) in [6.45, 7) is 3.68. The SMILES string of the molecule is CN1C(=O)N2C(=NC1(C)C)N(C(=O)Nc1ccccc1)c1ccccc12. The van der Waals surface area contributed by atoms with Gasteiger partial charge < -0.3 is 10.2 Å². The first-order valence-corrected chi connectivity index (χ1v) is 8.33. The third kappa shape index (κ3) is 2.32. The standard InChI is InChI=1S/C19H19N5O2/c1-19(2)21-16-23(17(25)20-13-9-5-4-6-10-13)14-11-7-8-12-15(14)24(16)18(26)22(19)3/h4-12H,1-3H3,(H,20,25). The van der Waals surface area contributed by atoms with Gasteiger partial charge >= 0.3 is 12.1 Å². The Morgan fingerprint density at radius 3 is 2.31 bits per heavy atom. The molecule has 1 N–H and O–H groups in total. The molecule has 0 atom stereocenters. The van der Waals surface area contributed by atoms with Gasteiger partial charge in [0, 0.05) is 12.7 Å². The number of aliphatic imine (C=N–C) groups is 1. The number of rotatable bonds is 1. The molecule has 0 unspecified atom stereocenters. The lowest BCUT2D eigenvalue weighted by Crippen LogP contribution is -2.60. The molecule has 0 aromatic heterocycles. The van der Waals surface area contributed by atoms with Crippen LogP contribution in [0.5, 0.6) is 0 Å². The molecule has 0 fully saturated rings. The summed E-state index contributed by atoms with van der Waals surface area (Å²) in [5, 5.41) is 2.87. The average Bonchev–Trinajstić information content (AvgIpc) is 2.94. The Morgan fingerprint density at radius 2 is 1.62 bits per heavy atom. The number of hydrogen-bond donors (Lipinski definition) is 1. The molecule has 0 aliphatic carbocycles. The van der Waals surface area contributed by atoms with E-state index in [1.807, 2.05) is 62.4 Å². The van der Waals surface area contributed by atoms with Crippen LogP contribution in [0.1, 0.15) is 13.8 Å². The fraction of sp³-hybridized carbons (Fsp3) is 0.211. The van der Waals surface area contributed by atoms with Gasteiger partial charge in [-0.3, -0.25) is 0 Å². The second-order valence-electron chi connectivity index (χ2n) is 6.70. The molecule has 2 aromatic rings. The minimum Gasteiger partial charge on any atom is -0.307 e. The number of nitrogens with zero attached hydrogens (tertiary/aromatic N) is 4. The van der Waals surface area contributed by atoms with E-state index in [-0.39, 0.29) is 12.1 Å². The largest absolute Gasteiger partial charge is 0.333 e. The van der Waals surface area contributed by atoms with E-state index in [0.717, 1.165) is 0 Å². The Bertz CT molecular complexity index is 923. The molecule has 2 aliphatic rings. The number of urea groups is 2. The summed E-state index contributed by atoms with van der Waals surface area (Å²) in [5.74, 6) is 0.313. The summed E-state index contributed by atoms with van der Waals surface area (Å²) in [5.41, 5.74) is 1.18. The smallest absolute Gasteiger partial charge is 0.307 e. The van der Waals surface area contributed by atoms with Crippen LogP contribution in [0.15, 0.2) is 59.6 Å². The molecular weight excluding hydrogens is 330 g/mol. The minimum atomic E-state index is -0.754. The van der Waals surface area contributed by atoms with Gasteiger partial charge in [0.15, 0.2) is 0 Å². The predicted octanol–water partition coefficient (Wildman–Crippen LogP) is 3.70. The molecule has 132 valence electrons. The highest BCUT2D eigenvalue weighted by Gasteiger charge is 2.48. The molecule has 7 nitrogen and oxygen atoms in total. The van der Waals surface area contributed by atoms with E-state index in [1.165, 1.54) is 9.80 Å². The van der Waals surface area contributed by atoms with Crippen molar-refractivity contribution in [3.8, 4) is 0 Å². The Kier molecular flexibility index (Phi) is 3.47. The van der Waals surface area contributed by atoms with E-state index in [0.29, 0.717) is 23.0 Å². The van der Waals surface area contributed by atoms with Gasteiger partial charge in [-0.2, -0.15) is 0 Å². The van der Waals surface area contributed by atoms with Crippen molar-refractivity contribution < 1.29 is 9.59 Å². The first-order chi connectivity index (χ1) is 12.4. The van der Waals surface area contributed by atoms with Gasteiger partial charge in [-0.15, -0.1) is 0 Å². The Morgan fingerprint density at radius 1 is 1.00 bits per heavy atom. The van der Waals surface area contributed by atoms with Crippen LogP contribution in [-0.4, -0.2) is 35.6 Å². The summed E-state index contributed by atoms with van der Waals surface area (Å²) in [7, 11) is 1.71. The van der Waals surface area contributed by atoms with Crippen molar-refractivity contribution in [1.82, 2.24) is 4.90 Å². The molecule has 0 saturated carbocycles. The Balaban J connectivity index is 1.81. The summed E-state index contributed by atoms with van der Waals surface area (Å²) in [6, 6.07) is 15.9. The average molecular weight is 349 g/mol. The first-order valence-electron chi connectivity index (χ1n) is 8.33. The van der Waals surface area contributed by atoms with Crippen LogP contribution in [0.3, 0.4) is 0 Å². The van der Waals surface area contributed by atoms with Crippen LogP contribution in [-0.2, 0) is 0 Å². The number of hydrogen-bond acceptors (Lipinski definition) is 3. The lowest BCUT2D eigenvalue weighted by atomic mass is 10.2. The molecule has 0 bridgehead atoms. The normalized spacial score (nSPS) is 17.6. The molecule has 7 heteroatoms. The van der Waals surface area contributed by atoms with Gasteiger partial charge in [0.2, 0.25) is 5.96 Å². The summed E-state index contributed by atoms with van der Waals surface area (Å²) in [4.78, 5) is 35.1.